The van der Waals surface area contributed by atoms with Gasteiger partial charge in [-0.25, -0.2) is 9.69 Å². The van der Waals surface area contributed by atoms with Crippen molar-refractivity contribution < 1.29 is 14.4 Å². The number of benzene rings is 1. The summed E-state index contributed by atoms with van der Waals surface area (Å²) in [6.45, 7) is 3.55. The molecular weight excluding hydrogens is 312 g/mol. The minimum absolute atomic E-state index is 0.175. The number of barbiturate groups is 1. The van der Waals surface area contributed by atoms with Crippen LogP contribution in [0.2, 0.25) is 0 Å². The van der Waals surface area contributed by atoms with Crippen molar-refractivity contribution in [1.29, 1.82) is 0 Å². The van der Waals surface area contributed by atoms with E-state index < -0.39 is 23.8 Å². The molecule has 0 aromatic heterocycles. The first-order valence-corrected chi connectivity index (χ1v) is 6.66. The predicted molar refractivity (Wildman–Crippen MR) is 73.5 cm³/mol. The summed E-state index contributed by atoms with van der Waals surface area (Å²) in [6, 6.07) is 6.18. The molecule has 1 fully saturated rings. The molecule has 19 heavy (non-hydrogen) atoms. The first kappa shape index (κ1) is 13.7. The minimum atomic E-state index is -0.843. The van der Waals surface area contributed by atoms with Gasteiger partial charge in [-0.15, -0.1) is 0 Å². The van der Waals surface area contributed by atoms with Gasteiger partial charge in [-0.05, 0) is 34.0 Å². The number of amides is 4. The van der Waals surface area contributed by atoms with Crippen LogP contribution in [0.1, 0.15) is 13.8 Å². The lowest BCUT2D eigenvalue weighted by molar-refractivity contribution is -0.136. The predicted octanol–water partition coefficient (Wildman–Crippen LogP) is 2.30. The Hall–Kier alpha value is -1.69. The fourth-order valence-corrected chi connectivity index (χ4v) is 2.50. The molecule has 1 aromatic carbocycles. The number of carbonyl (C=O) groups is 3. The lowest BCUT2D eigenvalue weighted by Gasteiger charge is -2.32. The SMILES string of the molecule is CC(C)C1C(=O)NC(=O)N(c2ccccc2Br)C1=O. The van der Waals surface area contributed by atoms with Crippen LogP contribution in [0.15, 0.2) is 28.7 Å². The Morgan fingerprint density at radius 3 is 2.42 bits per heavy atom. The number of hydrogen-bond donors (Lipinski definition) is 1. The van der Waals surface area contributed by atoms with Crippen LogP contribution >= 0.6 is 15.9 Å². The molecule has 6 heteroatoms. The minimum Gasteiger partial charge on any atom is -0.277 e. The molecule has 1 aliphatic heterocycles. The smallest absolute Gasteiger partial charge is 0.277 e. The highest BCUT2D eigenvalue weighted by Gasteiger charge is 2.43. The van der Waals surface area contributed by atoms with Crippen LogP contribution in [-0.2, 0) is 9.59 Å². The number of hydrogen-bond acceptors (Lipinski definition) is 3. The molecule has 1 aromatic rings. The summed E-state index contributed by atoms with van der Waals surface area (Å²) in [4.78, 5) is 37.0. The van der Waals surface area contributed by atoms with E-state index in [0.29, 0.717) is 10.2 Å². The van der Waals surface area contributed by atoms with E-state index in [1.165, 1.54) is 0 Å². The van der Waals surface area contributed by atoms with Gasteiger partial charge in [0.15, 0.2) is 0 Å². The van der Waals surface area contributed by atoms with Gasteiger partial charge in [0, 0.05) is 4.47 Å². The number of para-hydroxylation sites is 1. The summed E-state index contributed by atoms with van der Waals surface area (Å²) >= 11 is 3.30. The molecule has 0 spiro atoms. The van der Waals surface area contributed by atoms with Crippen LogP contribution < -0.4 is 10.2 Å². The van der Waals surface area contributed by atoms with E-state index in [-0.39, 0.29) is 5.92 Å². The maximum Gasteiger partial charge on any atom is 0.335 e. The van der Waals surface area contributed by atoms with E-state index >= 15 is 0 Å². The van der Waals surface area contributed by atoms with Crippen LogP contribution in [0.4, 0.5) is 10.5 Å². The zero-order chi connectivity index (χ0) is 14.2. The van der Waals surface area contributed by atoms with Gasteiger partial charge in [-0.3, -0.25) is 14.9 Å². The Kier molecular flexibility index (Phi) is 3.71. The quantitative estimate of drug-likeness (QED) is 0.849. The fraction of sp³-hybridized carbons (Fsp3) is 0.308. The molecule has 4 amide bonds. The molecule has 0 aliphatic carbocycles. The van der Waals surface area contributed by atoms with Gasteiger partial charge in [0.25, 0.3) is 0 Å². The zero-order valence-corrected chi connectivity index (χ0v) is 12.1. The second-order valence-electron chi connectivity index (χ2n) is 4.64. The first-order valence-electron chi connectivity index (χ1n) is 5.86. The summed E-state index contributed by atoms with van der Waals surface area (Å²) in [5.41, 5.74) is 0.433. The number of imide groups is 2. The van der Waals surface area contributed by atoms with Gasteiger partial charge in [0.1, 0.15) is 5.92 Å². The lowest BCUT2D eigenvalue weighted by atomic mass is 9.92. The monoisotopic (exact) mass is 324 g/mol. The number of anilines is 1. The summed E-state index contributed by atoms with van der Waals surface area (Å²) in [5, 5.41) is 2.22. The van der Waals surface area contributed by atoms with Crippen LogP contribution in [0.3, 0.4) is 0 Å². The largest absolute Gasteiger partial charge is 0.335 e. The average molecular weight is 325 g/mol. The van der Waals surface area contributed by atoms with Crippen molar-refractivity contribution in [3.05, 3.63) is 28.7 Å². The van der Waals surface area contributed by atoms with Gasteiger partial charge >= 0.3 is 6.03 Å². The third kappa shape index (κ3) is 2.40. The van der Waals surface area contributed by atoms with Gasteiger partial charge in [-0.2, -0.15) is 0 Å². The van der Waals surface area contributed by atoms with Crippen LogP contribution in [-0.4, -0.2) is 17.8 Å². The molecule has 2 rings (SSSR count). The molecule has 1 unspecified atom stereocenters. The Bertz CT molecular complexity index is 557. The third-order valence-electron chi connectivity index (χ3n) is 2.96. The molecule has 5 nitrogen and oxygen atoms in total. The number of rotatable bonds is 2. The summed E-state index contributed by atoms with van der Waals surface area (Å²) < 4.78 is 0.621. The number of halogens is 1. The number of nitrogens with one attached hydrogen (secondary N) is 1. The van der Waals surface area contributed by atoms with Gasteiger partial charge in [0.2, 0.25) is 11.8 Å². The maximum absolute atomic E-state index is 12.4. The topological polar surface area (TPSA) is 66.5 Å². The summed E-state index contributed by atoms with van der Waals surface area (Å²) in [6.07, 6.45) is 0. The molecule has 1 heterocycles. The third-order valence-corrected chi connectivity index (χ3v) is 3.63. The molecular formula is C13H13BrN2O3. The fourth-order valence-electron chi connectivity index (χ4n) is 2.04. The summed E-state index contributed by atoms with van der Waals surface area (Å²) in [7, 11) is 0. The van der Waals surface area contributed by atoms with Crippen molar-refractivity contribution in [3.8, 4) is 0 Å². The Labute approximate surface area is 119 Å². The normalized spacial score (nSPS) is 19.9. The van der Waals surface area contributed by atoms with Crippen molar-refractivity contribution >= 4 is 39.5 Å². The van der Waals surface area contributed by atoms with E-state index in [0.717, 1.165) is 4.90 Å². The van der Waals surface area contributed by atoms with E-state index in [1.54, 1.807) is 38.1 Å². The molecule has 1 N–H and O–H groups in total. The molecule has 0 saturated carbocycles. The Balaban J connectivity index is 2.45. The van der Waals surface area contributed by atoms with Crippen molar-refractivity contribution in [1.82, 2.24) is 5.32 Å². The standard InChI is InChI=1S/C13H13BrN2O3/c1-7(2)10-11(17)15-13(19)16(12(10)18)9-6-4-3-5-8(9)14/h3-7,10H,1-2H3,(H,15,17,19). The van der Waals surface area contributed by atoms with Crippen molar-refractivity contribution in [3.63, 3.8) is 0 Å². The molecule has 1 atom stereocenters. The van der Waals surface area contributed by atoms with Crippen molar-refractivity contribution in [2.24, 2.45) is 11.8 Å². The van der Waals surface area contributed by atoms with Crippen molar-refractivity contribution in [2.75, 3.05) is 4.90 Å². The molecule has 0 radical (unpaired) electrons. The molecule has 100 valence electrons. The van der Waals surface area contributed by atoms with E-state index in [1.807, 2.05) is 0 Å². The zero-order valence-electron chi connectivity index (χ0n) is 10.5. The van der Waals surface area contributed by atoms with E-state index in [2.05, 4.69) is 21.2 Å². The Morgan fingerprint density at radius 2 is 1.84 bits per heavy atom. The lowest BCUT2D eigenvalue weighted by Crippen LogP contribution is -2.59. The van der Waals surface area contributed by atoms with Crippen molar-refractivity contribution in [2.45, 2.75) is 13.8 Å². The number of nitrogens with zero attached hydrogens (tertiary/aromatic N) is 1. The van der Waals surface area contributed by atoms with E-state index in [9.17, 15) is 14.4 Å². The average Bonchev–Trinajstić information content (AvgIpc) is 2.30. The number of carbonyl (C=O) groups excluding carboxylic acids is 3. The van der Waals surface area contributed by atoms with Crippen LogP contribution in [0, 0.1) is 11.8 Å². The maximum atomic E-state index is 12.4. The highest BCUT2D eigenvalue weighted by atomic mass is 79.9. The second kappa shape index (κ2) is 5.13. The van der Waals surface area contributed by atoms with Crippen LogP contribution in [0.25, 0.3) is 0 Å². The second-order valence-corrected chi connectivity index (χ2v) is 5.50. The van der Waals surface area contributed by atoms with Gasteiger partial charge in [0.05, 0.1) is 5.69 Å². The van der Waals surface area contributed by atoms with Gasteiger partial charge in [-0.1, -0.05) is 26.0 Å². The number of urea groups is 1. The molecule has 1 aliphatic rings. The highest BCUT2D eigenvalue weighted by molar-refractivity contribution is 9.10. The molecule has 0 bridgehead atoms. The Morgan fingerprint density at radius 1 is 1.21 bits per heavy atom. The van der Waals surface area contributed by atoms with E-state index in [4.69, 9.17) is 0 Å². The highest BCUT2D eigenvalue weighted by Crippen LogP contribution is 2.30. The first-order chi connectivity index (χ1) is 8.93. The van der Waals surface area contributed by atoms with Gasteiger partial charge < -0.3 is 0 Å². The summed E-state index contributed by atoms with van der Waals surface area (Å²) in [5.74, 6) is -2.04. The molecule has 1 saturated heterocycles. The van der Waals surface area contributed by atoms with Crippen LogP contribution in [0.5, 0.6) is 0 Å².